The number of carbonyl (C=O) groups excluding carboxylic acids is 2. The van der Waals surface area contributed by atoms with Crippen LogP contribution in [0.1, 0.15) is 34.1 Å². The molecule has 0 aromatic carbocycles. The maximum absolute atomic E-state index is 12.0. The maximum Gasteiger partial charge on any atom is 0.317 e. The van der Waals surface area contributed by atoms with Gasteiger partial charge in [-0.2, -0.15) is 11.8 Å². The van der Waals surface area contributed by atoms with Crippen LogP contribution in [0.5, 0.6) is 0 Å². The molecule has 0 aromatic rings. The number of carbonyl (C=O) groups is 2. The average molecular weight is 287 g/mol. The Kier molecular flexibility index (Phi) is 5.97. The molecule has 1 heterocycles. The van der Waals surface area contributed by atoms with Crippen LogP contribution in [0.4, 0.5) is 4.79 Å². The van der Waals surface area contributed by atoms with Crippen molar-refractivity contribution >= 4 is 23.7 Å². The highest BCUT2D eigenvalue weighted by Crippen LogP contribution is 2.18. The van der Waals surface area contributed by atoms with Gasteiger partial charge in [0.25, 0.3) is 0 Å². The second-order valence-corrected chi connectivity index (χ2v) is 7.46. The molecule has 0 spiro atoms. The smallest absolute Gasteiger partial charge is 0.317 e. The second kappa shape index (κ2) is 7.03. The van der Waals surface area contributed by atoms with Crippen LogP contribution in [-0.2, 0) is 4.79 Å². The van der Waals surface area contributed by atoms with Crippen molar-refractivity contribution in [3.8, 4) is 0 Å². The molecule has 1 aliphatic heterocycles. The first-order chi connectivity index (χ1) is 8.78. The minimum Gasteiger partial charge on any atom is -0.350 e. The summed E-state index contributed by atoms with van der Waals surface area (Å²) in [7, 11) is 0. The topological polar surface area (TPSA) is 61.4 Å². The lowest BCUT2D eigenvalue weighted by molar-refractivity contribution is -0.121. The predicted molar refractivity (Wildman–Crippen MR) is 79.4 cm³/mol. The van der Waals surface area contributed by atoms with Crippen molar-refractivity contribution in [3.63, 3.8) is 0 Å². The van der Waals surface area contributed by atoms with E-state index in [-0.39, 0.29) is 24.0 Å². The molecular weight excluding hydrogens is 262 g/mol. The lowest BCUT2D eigenvalue weighted by atomic mass is 10.1. The molecule has 110 valence electrons. The number of rotatable bonds is 2. The second-order valence-electron chi connectivity index (χ2n) is 5.91. The fraction of sp³-hybridized carbons (Fsp3) is 0.846. The summed E-state index contributed by atoms with van der Waals surface area (Å²) in [5.41, 5.74) is -0.267. The van der Waals surface area contributed by atoms with E-state index in [1.165, 1.54) is 0 Å². The van der Waals surface area contributed by atoms with Gasteiger partial charge in [0.1, 0.15) is 0 Å². The zero-order valence-electron chi connectivity index (χ0n) is 12.3. The van der Waals surface area contributed by atoms with Gasteiger partial charge in [-0.15, -0.1) is 0 Å². The van der Waals surface area contributed by atoms with Gasteiger partial charge in [-0.3, -0.25) is 4.79 Å². The maximum atomic E-state index is 12.0. The third kappa shape index (κ3) is 6.71. The quantitative estimate of drug-likeness (QED) is 0.808. The van der Waals surface area contributed by atoms with Gasteiger partial charge in [0, 0.05) is 29.6 Å². The van der Waals surface area contributed by atoms with Crippen LogP contribution in [0.3, 0.4) is 0 Å². The highest BCUT2D eigenvalue weighted by Gasteiger charge is 2.20. The van der Waals surface area contributed by atoms with E-state index in [9.17, 15) is 9.59 Å². The average Bonchev–Trinajstić information content (AvgIpc) is 2.48. The van der Waals surface area contributed by atoms with Crippen molar-refractivity contribution in [2.24, 2.45) is 0 Å². The van der Waals surface area contributed by atoms with Crippen molar-refractivity contribution in [1.82, 2.24) is 15.5 Å². The molecule has 3 amide bonds. The van der Waals surface area contributed by atoms with Gasteiger partial charge in [0.15, 0.2) is 0 Å². The highest BCUT2D eigenvalue weighted by atomic mass is 32.2. The Morgan fingerprint density at radius 2 is 2.00 bits per heavy atom. The molecule has 19 heavy (non-hydrogen) atoms. The van der Waals surface area contributed by atoms with Crippen LogP contribution in [0.15, 0.2) is 0 Å². The van der Waals surface area contributed by atoms with Gasteiger partial charge in [-0.1, -0.05) is 6.92 Å². The minimum atomic E-state index is -0.267. The summed E-state index contributed by atoms with van der Waals surface area (Å²) in [6.07, 6.45) is 1.01. The van der Waals surface area contributed by atoms with Crippen molar-refractivity contribution in [2.45, 2.75) is 44.9 Å². The Morgan fingerprint density at radius 3 is 2.63 bits per heavy atom. The van der Waals surface area contributed by atoms with E-state index < -0.39 is 0 Å². The van der Waals surface area contributed by atoms with E-state index in [2.05, 4.69) is 17.6 Å². The third-order valence-corrected chi connectivity index (χ3v) is 3.99. The molecule has 0 bridgehead atoms. The number of nitrogens with one attached hydrogen (secondary N) is 2. The first-order valence-electron chi connectivity index (χ1n) is 6.73. The summed E-state index contributed by atoms with van der Waals surface area (Å²) in [4.78, 5) is 25.4. The van der Waals surface area contributed by atoms with Gasteiger partial charge in [0.05, 0.1) is 6.54 Å². The summed E-state index contributed by atoms with van der Waals surface area (Å²) in [5, 5.41) is 6.10. The van der Waals surface area contributed by atoms with Crippen LogP contribution in [0, 0.1) is 0 Å². The lowest BCUT2D eigenvalue weighted by Gasteiger charge is -2.23. The van der Waals surface area contributed by atoms with Gasteiger partial charge < -0.3 is 15.5 Å². The SMILES string of the molecule is C[C@@H]1CCN(C(=O)NCC(=O)NC(C)(C)C)CCS1. The number of urea groups is 1. The monoisotopic (exact) mass is 287 g/mol. The Labute approximate surface area is 119 Å². The highest BCUT2D eigenvalue weighted by molar-refractivity contribution is 7.99. The van der Waals surface area contributed by atoms with Crippen molar-refractivity contribution in [1.29, 1.82) is 0 Å². The van der Waals surface area contributed by atoms with Gasteiger partial charge >= 0.3 is 6.03 Å². The van der Waals surface area contributed by atoms with Crippen LogP contribution >= 0.6 is 11.8 Å². The molecule has 0 aliphatic carbocycles. The molecule has 0 aromatic heterocycles. The zero-order valence-corrected chi connectivity index (χ0v) is 13.1. The Balaban J connectivity index is 2.32. The first-order valence-corrected chi connectivity index (χ1v) is 7.78. The molecule has 0 unspecified atom stereocenters. The molecule has 1 aliphatic rings. The summed E-state index contributed by atoms with van der Waals surface area (Å²) in [5.74, 6) is 0.807. The standard InChI is InChI=1S/C13H25N3O2S/c1-10-5-6-16(7-8-19-10)12(18)14-9-11(17)15-13(2,3)4/h10H,5-9H2,1-4H3,(H,14,18)(H,15,17)/t10-/m1/s1. The van der Waals surface area contributed by atoms with Crippen molar-refractivity contribution < 1.29 is 9.59 Å². The fourth-order valence-electron chi connectivity index (χ4n) is 1.83. The molecule has 0 saturated carbocycles. The Hall–Kier alpha value is -0.910. The molecule has 1 saturated heterocycles. The van der Waals surface area contributed by atoms with Crippen LogP contribution in [0.25, 0.3) is 0 Å². The number of amides is 3. The number of nitrogens with zero attached hydrogens (tertiary/aromatic N) is 1. The summed E-state index contributed by atoms with van der Waals surface area (Å²) < 4.78 is 0. The molecule has 1 rings (SSSR count). The molecule has 5 nitrogen and oxygen atoms in total. The lowest BCUT2D eigenvalue weighted by Crippen LogP contribution is -2.49. The number of hydrogen-bond donors (Lipinski definition) is 2. The van der Waals surface area contributed by atoms with E-state index in [4.69, 9.17) is 0 Å². The Morgan fingerprint density at radius 1 is 1.32 bits per heavy atom. The zero-order chi connectivity index (χ0) is 14.5. The van der Waals surface area contributed by atoms with E-state index in [1.54, 1.807) is 4.90 Å². The van der Waals surface area contributed by atoms with Crippen LogP contribution in [-0.4, -0.2) is 53.0 Å². The summed E-state index contributed by atoms with van der Waals surface area (Å²) in [6, 6.07) is -0.140. The van der Waals surface area contributed by atoms with Crippen LogP contribution < -0.4 is 10.6 Å². The summed E-state index contributed by atoms with van der Waals surface area (Å²) in [6.45, 7) is 9.49. The van der Waals surface area contributed by atoms with Gasteiger partial charge in [0.2, 0.25) is 5.91 Å². The van der Waals surface area contributed by atoms with Crippen molar-refractivity contribution in [2.75, 3.05) is 25.4 Å². The number of hydrogen-bond acceptors (Lipinski definition) is 3. The van der Waals surface area contributed by atoms with Gasteiger partial charge in [-0.25, -0.2) is 4.79 Å². The molecule has 1 atom stereocenters. The van der Waals surface area contributed by atoms with Crippen molar-refractivity contribution in [3.05, 3.63) is 0 Å². The third-order valence-electron chi connectivity index (χ3n) is 2.77. The fourth-order valence-corrected chi connectivity index (χ4v) is 2.83. The van der Waals surface area contributed by atoms with Gasteiger partial charge in [-0.05, 0) is 27.2 Å². The molecule has 0 radical (unpaired) electrons. The van der Waals surface area contributed by atoms with E-state index in [0.717, 1.165) is 25.3 Å². The van der Waals surface area contributed by atoms with Crippen LogP contribution in [0.2, 0.25) is 0 Å². The largest absolute Gasteiger partial charge is 0.350 e. The van der Waals surface area contributed by atoms with E-state index in [0.29, 0.717) is 5.25 Å². The number of thioether (sulfide) groups is 1. The molecule has 2 N–H and O–H groups in total. The first kappa shape index (κ1) is 16.1. The Bertz CT molecular complexity index is 328. The normalized spacial score (nSPS) is 20.6. The summed E-state index contributed by atoms with van der Waals surface area (Å²) >= 11 is 1.89. The minimum absolute atomic E-state index is 0.0370. The molecular formula is C13H25N3O2S. The van der Waals surface area contributed by atoms with E-state index in [1.807, 2.05) is 32.5 Å². The van der Waals surface area contributed by atoms with E-state index >= 15 is 0 Å². The molecule has 1 fully saturated rings. The predicted octanol–water partition coefficient (Wildman–Crippen LogP) is 1.44. The molecule has 6 heteroatoms.